The zero-order chi connectivity index (χ0) is 27.6. The van der Waals surface area contributed by atoms with Gasteiger partial charge >= 0.3 is 0 Å². The van der Waals surface area contributed by atoms with E-state index >= 15 is 0 Å². The SMILES string of the molecule is COc1ccccc1C(=O)NCCCCCc1nc2ccccc2n1CCCOc1cc(C)ccc1C(C)C. The normalized spacial score (nSPS) is 11.2. The monoisotopic (exact) mass is 527 g/mol. The number of benzene rings is 3. The highest BCUT2D eigenvalue weighted by molar-refractivity contribution is 5.96. The summed E-state index contributed by atoms with van der Waals surface area (Å²) in [5, 5.41) is 3.01. The van der Waals surface area contributed by atoms with Crippen molar-refractivity contribution in [2.45, 2.75) is 65.3 Å². The number of amides is 1. The molecule has 1 aromatic heterocycles. The fourth-order valence-electron chi connectivity index (χ4n) is 4.93. The molecule has 3 aromatic carbocycles. The molecule has 0 aliphatic carbocycles. The van der Waals surface area contributed by atoms with Crippen LogP contribution in [0, 0.1) is 6.92 Å². The van der Waals surface area contributed by atoms with Gasteiger partial charge in [-0.05, 0) is 73.6 Å². The minimum absolute atomic E-state index is 0.0948. The van der Waals surface area contributed by atoms with Crippen LogP contribution < -0.4 is 14.8 Å². The van der Waals surface area contributed by atoms with Crippen molar-refractivity contribution in [1.29, 1.82) is 0 Å². The number of aryl methyl sites for hydroxylation is 3. The van der Waals surface area contributed by atoms with Crippen molar-refractivity contribution in [1.82, 2.24) is 14.9 Å². The van der Waals surface area contributed by atoms with E-state index in [9.17, 15) is 4.79 Å². The molecule has 6 heteroatoms. The molecule has 0 spiro atoms. The topological polar surface area (TPSA) is 65.4 Å². The second-order valence-corrected chi connectivity index (χ2v) is 10.3. The third kappa shape index (κ3) is 7.41. The Morgan fingerprint density at radius 1 is 0.949 bits per heavy atom. The van der Waals surface area contributed by atoms with E-state index in [0.717, 1.165) is 55.7 Å². The average Bonchev–Trinajstić information content (AvgIpc) is 3.29. The van der Waals surface area contributed by atoms with E-state index < -0.39 is 0 Å². The molecule has 39 heavy (non-hydrogen) atoms. The molecule has 1 N–H and O–H groups in total. The van der Waals surface area contributed by atoms with Gasteiger partial charge in [-0.2, -0.15) is 0 Å². The number of carbonyl (C=O) groups is 1. The summed E-state index contributed by atoms with van der Waals surface area (Å²) in [6.07, 6.45) is 4.78. The first-order valence-electron chi connectivity index (χ1n) is 14.1. The van der Waals surface area contributed by atoms with Crippen LogP contribution in [0.3, 0.4) is 0 Å². The molecule has 0 radical (unpaired) electrons. The van der Waals surface area contributed by atoms with Crippen LogP contribution in [0.5, 0.6) is 11.5 Å². The molecule has 0 unspecified atom stereocenters. The van der Waals surface area contributed by atoms with Crippen molar-refractivity contribution in [3.63, 3.8) is 0 Å². The lowest BCUT2D eigenvalue weighted by atomic mass is 10.0. The lowest BCUT2D eigenvalue weighted by molar-refractivity contribution is 0.0950. The van der Waals surface area contributed by atoms with Crippen LogP contribution in [-0.2, 0) is 13.0 Å². The van der Waals surface area contributed by atoms with Gasteiger partial charge in [-0.3, -0.25) is 4.79 Å². The number of nitrogens with one attached hydrogen (secondary N) is 1. The van der Waals surface area contributed by atoms with Gasteiger partial charge in [0.25, 0.3) is 5.91 Å². The Labute approximate surface area is 232 Å². The number of hydrogen-bond donors (Lipinski definition) is 1. The van der Waals surface area contributed by atoms with Crippen LogP contribution in [0.15, 0.2) is 66.7 Å². The summed E-state index contributed by atoms with van der Waals surface area (Å²) in [5.74, 6) is 3.05. The van der Waals surface area contributed by atoms with Gasteiger partial charge in [-0.1, -0.05) is 56.7 Å². The number of methoxy groups -OCH3 is 1. The van der Waals surface area contributed by atoms with E-state index in [1.165, 1.54) is 16.6 Å². The Morgan fingerprint density at radius 3 is 2.56 bits per heavy atom. The number of nitrogens with zero attached hydrogens (tertiary/aromatic N) is 2. The first-order chi connectivity index (χ1) is 19.0. The summed E-state index contributed by atoms with van der Waals surface area (Å²) < 4.78 is 13.9. The number of para-hydroxylation sites is 3. The summed E-state index contributed by atoms with van der Waals surface area (Å²) in [5.41, 5.74) is 5.26. The van der Waals surface area contributed by atoms with E-state index in [0.29, 0.717) is 30.4 Å². The Balaban J connectivity index is 1.28. The Kier molecular flexibility index (Phi) is 10.0. The zero-order valence-corrected chi connectivity index (χ0v) is 23.7. The summed E-state index contributed by atoms with van der Waals surface area (Å²) in [6, 6.07) is 22.1. The fourth-order valence-corrected chi connectivity index (χ4v) is 4.93. The molecule has 4 aromatic rings. The fraction of sp³-hybridized carbons (Fsp3) is 0.394. The number of rotatable bonds is 14. The Bertz CT molecular complexity index is 1380. The molecule has 0 bridgehead atoms. The molecule has 1 amide bonds. The molecule has 1 heterocycles. The van der Waals surface area contributed by atoms with E-state index in [1.807, 2.05) is 18.2 Å². The van der Waals surface area contributed by atoms with Gasteiger partial charge in [0, 0.05) is 19.5 Å². The van der Waals surface area contributed by atoms with Crippen molar-refractivity contribution in [3.8, 4) is 11.5 Å². The maximum absolute atomic E-state index is 12.5. The highest BCUT2D eigenvalue weighted by atomic mass is 16.5. The maximum Gasteiger partial charge on any atom is 0.255 e. The van der Waals surface area contributed by atoms with Gasteiger partial charge in [-0.15, -0.1) is 0 Å². The smallest absolute Gasteiger partial charge is 0.255 e. The number of carbonyl (C=O) groups excluding carboxylic acids is 1. The molecule has 0 saturated carbocycles. The third-order valence-electron chi connectivity index (χ3n) is 7.02. The molecule has 4 rings (SSSR count). The van der Waals surface area contributed by atoms with Crippen LogP contribution in [0.1, 0.15) is 72.8 Å². The van der Waals surface area contributed by atoms with Gasteiger partial charge in [0.05, 0.1) is 30.3 Å². The quantitative estimate of drug-likeness (QED) is 0.178. The van der Waals surface area contributed by atoms with Crippen LogP contribution in [0.4, 0.5) is 0 Å². The number of unbranched alkanes of at least 4 members (excludes halogenated alkanes) is 2. The van der Waals surface area contributed by atoms with Crippen LogP contribution >= 0.6 is 0 Å². The van der Waals surface area contributed by atoms with Crippen LogP contribution in [0.2, 0.25) is 0 Å². The Morgan fingerprint density at radius 2 is 1.74 bits per heavy atom. The summed E-state index contributed by atoms with van der Waals surface area (Å²) in [7, 11) is 1.58. The maximum atomic E-state index is 12.5. The molecule has 0 fully saturated rings. The van der Waals surface area contributed by atoms with Gasteiger partial charge in [-0.25, -0.2) is 4.98 Å². The number of ether oxygens (including phenoxy) is 2. The number of fused-ring (bicyclic) bond motifs is 1. The molecule has 206 valence electrons. The van der Waals surface area contributed by atoms with Crippen LogP contribution in [-0.4, -0.2) is 35.7 Å². The van der Waals surface area contributed by atoms with Gasteiger partial charge < -0.3 is 19.4 Å². The molecule has 0 aliphatic heterocycles. The second kappa shape index (κ2) is 13.8. The molecule has 0 atom stereocenters. The van der Waals surface area contributed by atoms with E-state index in [4.69, 9.17) is 14.5 Å². The van der Waals surface area contributed by atoms with Crippen molar-refractivity contribution in [2.75, 3.05) is 20.3 Å². The summed E-state index contributed by atoms with van der Waals surface area (Å²) in [6.45, 7) is 8.69. The molecule has 6 nitrogen and oxygen atoms in total. The summed E-state index contributed by atoms with van der Waals surface area (Å²) in [4.78, 5) is 17.4. The third-order valence-corrected chi connectivity index (χ3v) is 7.02. The standard InChI is InChI=1S/C33H41N3O3/c1-24(2)26-19-18-25(3)23-31(26)39-22-12-21-36-29-15-9-8-14-28(29)35-32(36)17-6-5-11-20-34-33(37)27-13-7-10-16-30(27)38-4/h7-10,13-16,18-19,23-24H,5-6,11-12,17,20-22H2,1-4H3,(H,34,37). The number of aromatic nitrogens is 2. The molecular weight excluding hydrogens is 486 g/mol. The molecular formula is C33H41N3O3. The highest BCUT2D eigenvalue weighted by Crippen LogP contribution is 2.28. The predicted molar refractivity (Wildman–Crippen MR) is 158 cm³/mol. The second-order valence-electron chi connectivity index (χ2n) is 10.3. The first-order valence-corrected chi connectivity index (χ1v) is 14.1. The number of hydrogen-bond acceptors (Lipinski definition) is 4. The average molecular weight is 528 g/mol. The zero-order valence-electron chi connectivity index (χ0n) is 23.7. The predicted octanol–water partition coefficient (Wildman–Crippen LogP) is 7.09. The van der Waals surface area contributed by atoms with Crippen molar-refractivity contribution < 1.29 is 14.3 Å². The molecule has 0 saturated heterocycles. The highest BCUT2D eigenvalue weighted by Gasteiger charge is 2.13. The number of imidazole rings is 1. The van der Waals surface area contributed by atoms with E-state index in [-0.39, 0.29) is 5.91 Å². The van der Waals surface area contributed by atoms with Gasteiger partial charge in [0.1, 0.15) is 17.3 Å². The molecule has 0 aliphatic rings. The minimum atomic E-state index is -0.0948. The largest absolute Gasteiger partial charge is 0.496 e. The van der Waals surface area contributed by atoms with E-state index in [1.54, 1.807) is 19.2 Å². The Hall–Kier alpha value is -3.80. The van der Waals surface area contributed by atoms with Crippen molar-refractivity contribution in [3.05, 3.63) is 89.2 Å². The van der Waals surface area contributed by atoms with E-state index in [2.05, 4.69) is 67.1 Å². The summed E-state index contributed by atoms with van der Waals surface area (Å²) >= 11 is 0. The minimum Gasteiger partial charge on any atom is -0.496 e. The van der Waals surface area contributed by atoms with Gasteiger partial charge in [0.2, 0.25) is 0 Å². The van der Waals surface area contributed by atoms with Crippen molar-refractivity contribution >= 4 is 16.9 Å². The van der Waals surface area contributed by atoms with Gasteiger partial charge in [0.15, 0.2) is 0 Å². The lowest BCUT2D eigenvalue weighted by Crippen LogP contribution is -2.24. The lowest BCUT2D eigenvalue weighted by Gasteiger charge is -2.15. The van der Waals surface area contributed by atoms with Crippen molar-refractivity contribution in [2.24, 2.45) is 0 Å². The first kappa shape index (κ1) is 28.2. The van der Waals surface area contributed by atoms with Crippen LogP contribution in [0.25, 0.3) is 11.0 Å².